The van der Waals surface area contributed by atoms with Crippen molar-refractivity contribution in [2.75, 3.05) is 47.4 Å². The summed E-state index contributed by atoms with van der Waals surface area (Å²) >= 11 is 0.489. The molecule has 378 valence electrons. The van der Waals surface area contributed by atoms with Crippen LogP contribution in [0.25, 0.3) is 0 Å². The van der Waals surface area contributed by atoms with Gasteiger partial charge in [0.15, 0.2) is 41.6 Å². The Morgan fingerprint density at radius 2 is 1.07 bits per heavy atom. The maximum absolute atomic E-state index is 14.0. The fourth-order valence-corrected chi connectivity index (χ4v) is 13.3. The second-order valence-electron chi connectivity index (χ2n) is 16.5. The molecule has 2 fully saturated rings. The Morgan fingerprint density at radius 3 is 1.47 bits per heavy atom. The van der Waals surface area contributed by atoms with Crippen LogP contribution in [0, 0.1) is 11.8 Å². The van der Waals surface area contributed by atoms with E-state index in [0.717, 1.165) is 35.0 Å². The van der Waals surface area contributed by atoms with Crippen LogP contribution in [0.15, 0.2) is 55.1 Å². The van der Waals surface area contributed by atoms with Crippen LogP contribution in [0.1, 0.15) is 93.1 Å². The minimum atomic E-state index is -4.90. The van der Waals surface area contributed by atoms with E-state index in [1.165, 1.54) is 45.5 Å². The van der Waals surface area contributed by atoms with Gasteiger partial charge in [0.1, 0.15) is 5.75 Å². The molecule has 6 aromatic rings. The van der Waals surface area contributed by atoms with Crippen molar-refractivity contribution in [2.45, 2.75) is 70.1 Å². The van der Waals surface area contributed by atoms with Gasteiger partial charge >= 0.3 is 24.0 Å². The SMILES string of the molecule is COc1ccc(NC(=O)Nc2nc(C(=O)OC(=O)c3nc(NC(=O)Nc4ccc(N(C)C)cc4C(=O)C4CCCC4)sc3S(=O)(=O)c3nnnn3C)c(S(=O)(=O)c3nnnn3C)s2)c(C(=O)C2CCCC2)c1. The molecule has 0 unspecified atom stereocenters. The van der Waals surface area contributed by atoms with Gasteiger partial charge in [-0.3, -0.25) is 20.2 Å². The molecule has 2 aliphatic rings. The molecule has 4 N–H and O–H groups in total. The van der Waals surface area contributed by atoms with Gasteiger partial charge < -0.3 is 25.0 Å². The quantitative estimate of drug-likeness (QED) is 0.0592. The number of thiazole rings is 2. The van der Waals surface area contributed by atoms with Crippen LogP contribution < -0.4 is 30.9 Å². The standard InChI is InChI=1S/C41H43N15O12S4/c1-54(2)22-14-16-26(24(18-22)30(57)20-10-6-7-11-20)42-36(61)46-38-44-28(34(69-38)71(63,64)40-48-50-52-55(40)3)32(59)68-33(60)29-35(72(65,66)41-49-51-53-56(41)4)70-39(45-29)47-37(62)43-27-17-15-23(67-5)19-25(27)31(58)21-12-8-9-13-21/h14-21H,6-13H2,1-5H3,(H2,42,44,46,61)(H2,43,45,47,62). The van der Waals surface area contributed by atoms with Gasteiger partial charge in [-0.1, -0.05) is 58.6 Å². The third-order valence-corrected chi connectivity index (χ3v) is 17.9. The molecule has 0 radical (unpaired) electrons. The summed E-state index contributed by atoms with van der Waals surface area (Å²) in [5.41, 5.74) is -0.858. The average molecular weight is 1070 g/mol. The number of sulfone groups is 2. The maximum atomic E-state index is 14.0. The lowest BCUT2D eigenvalue weighted by Gasteiger charge is -2.18. The molecular weight excluding hydrogens is 1020 g/mol. The summed E-state index contributed by atoms with van der Waals surface area (Å²) in [7, 11) is -2.46. The van der Waals surface area contributed by atoms with Gasteiger partial charge in [-0.05, 0) is 82.9 Å². The van der Waals surface area contributed by atoms with Crippen molar-refractivity contribution in [3.8, 4) is 5.75 Å². The fourth-order valence-electron chi connectivity index (χ4n) is 7.99. The highest BCUT2D eigenvalue weighted by molar-refractivity contribution is 7.93. The first-order valence-corrected chi connectivity index (χ1v) is 26.3. The zero-order valence-electron chi connectivity index (χ0n) is 38.7. The highest BCUT2D eigenvalue weighted by Crippen LogP contribution is 2.37. The number of methoxy groups -OCH3 is 1. The Bertz CT molecular complexity index is 3370. The lowest BCUT2D eigenvalue weighted by Crippen LogP contribution is -2.23. The number of amides is 4. The second kappa shape index (κ2) is 20.6. The first kappa shape index (κ1) is 50.7. The Hall–Kier alpha value is -7.64. The number of benzene rings is 2. The third-order valence-electron chi connectivity index (χ3n) is 11.6. The number of tetrazole rings is 2. The van der Waals surface area contributed by atoms with Gasteiger partial charge in [0, 0.05) is 56.8 Å². The van der Waals surface area contributed by atoms with Crippen molar-refractivity contribution >= 4 is 105 Å². The molecule has 2 aromatic carbocycles. The summed E-state index contributed by atoms with van der Waals surface area (Å²) in [6.45, 7) is 0. The monoisotopic (exact) mass is 1070 g/mol. The van der Waals surface area contributed by atoms with E-state index in [-0.39, 0.29) is 68.6 Å². The van der Waals surface area contributed by atoms with Crippen molar-refractivity contribution in [3.05, 3.63) is 58.9 Å². The van der Waals surface area contributed by atoms with Crippen molar-refractivity contribution in [3.63, 3.8) is 0 Å². The molecule has 4 aromatic heterocycles. The summed E-state index contributed by atoms with van der Waals surface area (Å²) in [5, 5.41) is 27.9. The predicted molar refractivity (Wildman–Crippen MR) is 254 cm³/mol. The number of aryl methyl sites for hydroxylation is 2. The normalized spacial score (nSPS) is 14.2. The van der Waals surface area contributed by atoms with Crippen molar-refractivity contribution in [2.24, 2.45) is 25.9 Å². The summed E-state index contributed by atoms with van der Waals surface area (Å²) in [6, 6.07) is 7.22. The topological polar surface area (TPSA) is 353 Å². The van der Waals surface area contributed by atoms with Crippen molar-refractivity contribution < 1.29 is 55.1 Å². The number of hydrogen-bond donors (Lipinski definition) is 4. The lowest BCUT2D eigenvalue weighted by molar-refractivity contribution is 0.0384. The zero-order valence-corrected chi connectivity index (χ0v) is 42.0. The number of nitrogens with zero attached hydrogens (tertiary/aromatic N) is 11. The molecule has 0 saturated heterocycles. The molecule has 8 rings (SSSR count). The van der Waals surface area contributed by atoms with Gasteiger partial charge in [-0.25, -0.2) is 55.3 Å². The van der Waals surface area contributed by atoms with Crippen LogP contribution in [0.4, 0.5) is 36.9 Å². The summed E-state index contributed by atoms with van der Waals surface area (Å²) in [4.78, 5) is 92.0. The summed E-state index contributed by atoms with van der Waals surface area (Å²) in [5.74, 6) is -4.14. The second-order valence-corrected chi connectivity index (χ2v) is 22.6. The minimum Gasteiger partial charge on any atom is -0.497 e. The number of esters is 2. The fraction of sp³-hybridized carbons (Fsp3) is 0.366. The number of carbonyl (C=O) groups excluding carboxylic acids is 6. The van der Waals surface area contributed by atoms with Gasteiger partial charge in [0.2, 0.25) is 0 Å². The number of ketones is 2. The minimum absolute atomic E-state index is 0.0836. The van der Waals surface area contributed by atoms with Gasteiger partial charge in [0.25, 0.3) is 30.0 Å². The number of Topliss-reactive ketones (excluding diaryl/α,β-unsaturated/α-hetero) is 2. The molecule has 2 saturated carbocycles. The Balaban J connectivity index is 1.09. The van der Waals surface area contributed by atoms with Crippen LogP contribution in [0.2, 0.25) is 0 Å². The lowest BCUT2D eigenvalue weighted by atomic mass is 9.94. The van der Waals surface area contributed by atoms with Gasteiger partial charge in [0.05, 0.1) is 18.5 Å². The number of rotatable bonds is 16. The number of anilines is 5. The number of carbonyl (C=O) groups is 6. The van der Waals surface area contributed by atoms with Crippen LogP contribution in [-0.2, 0) is 38.5 Å². The zero-order chi connectivity index (χ0) is 51.6. The molecule has 0 spiro atoms. The summed E-state index contributed by atoms with van der Waals surface area (Å²) in [6.07, 6.45) is 6.16. The number of hydrogen-bond acceptors (Lipinski definition) is 23. The van der Waals surface area contributed by atoms with Crippen LogP contribution in [0.5, 0.6) is 5.75 Å². The molecule has 2 aliphatic carbocycles. The number of ether oxygens (including phenoxy) is 2. The van der Waals surface area contributed by atoms with E-state index in [0.29, 0.717) is 37.1 Å². The van der Waals surface area contributed by atoms with Gasteiger partial charge in [-0.2, -0.15) is 0 Å². The molecule has 4 amide bonds. The van der Waals surface area contributed by atoms with Crippen LogP contribution in [-0.4, -0.2) is 124 Å². The van der Waals surface area contributed by atoms with E-state index >= 15 is 0 Å². The van der Waals surface area contributed by atoms with E-state index in [2.05, 4.69) is 62.3 Å². The third kappa shape index (κ3) is 10.4. The number of aromatic nitrogens is 10. The summed E-state index contributed by atoms with van der Waals surface area (Å²) < 4.78 is 66.1. The Kier molecular flexibility index (Phi) is 14.5. The first-order valence-electron chi connectivity index (χ1n) is 21.7. The molecule has 0 bridgehead atoms. The molecule has 0 aliphatic heterocycles. The molecule has 0 atom stereocenters. The molecule has 4 heterocycles. The molecule has 31 heteroatoms. The van der Waals surface area contributed by atoms with Crippen molar-refractivity contribution in [1.82, 2.24) is 50.4 Å². The predicted octanol–water partition coefficient (Wildman–Crippen LogP) is 4.42. The average Bonchev–Trinajstić information content (AvgIpc) is 4.20. The van der Waals surface area contributed by atoms with Gasteiger partial charge in [-0.15, -0.1) is 0 Å². The van der Waals surface area contributed by atoms with E-state index in [1.54, 1.807) is 31.1 Å². The first-order chi connectivity index (χ1) is 34.3. The smallest absolute Gasteiger partial charge is 0.367 e. The van der Waals surface area contributed by atoms with E-state index in [4.69, 9.17) is 9.47 Å². The molecule has 27 nitrogen and oxygen atoms in total. The number of nitrogens with one attached hydrogen (secondary N) is 4. The maximum Gasteiger partial charge on any atom is 0.367 e. The highest BCUT2D eigenvalue weighted by Gasteiger charge is 2.39. The van der Waals surface area contributed by atoms with E-state index in [1.807, 2.05) is 0 Å². The van der Waals surface area contributed by atoms with E-state index < -0.39 is 84.1 Å². The highest BCUT2D eigenvalue weighted by atomic mass is 32.2. The van der Waals surface area contributed by atoms with Crippen LogP contribution >= 0.6 is 22.7 Å². The van der Waals surface area contributed by atoms with E-state index in [9.17, 15) is 45.6 Å². The Morgan fingerprint density at radius 1 is 0.639 bits per heavy atom. The largest absolute Gasteiger partial charge is 0.497 e. The Labute approximate surface area is 416 Å². The van der Waals surface area contributed by atoms with Crippen LogP contribution in [0.3, 0.4) is 0 Å². The molecule has 72 heavy (non-hydrogen) atoms. The van der Waals surface area contributed by atoms with Crippen molar-refractivity contribution in [1.29, 1.82) is 0 Å². The number of urea groups is 2. The molecular formula is C41H43N15O12S4.